The summed E-state index contributed by atoms with van der Waals surface area (Å²) in [5.41, 5.74) is 1.000. The fourth-order valence-corrected chi connectivity index (χ4v) is 1.72. The summed E-state index contributed by atoms with van der Waals surface area (Å²) in [6, 6.07) is 9.67. The molecule has 18 heavy (non-hydrogen) atoms. The first-order chi connectivity index (χ1) is 8.84. The van der Waals surface area contributed by atoms with Crippen LogP contribution in [0.25, 0.3) is 0 Å². The molecule has 1 unspecified atom stereocenters. The van der Waals surface area contributed by atoms with E-state index in [1.54, 1.807) is 0 Å². The zero-order valence-electron chi connectivity index (χ0n) is 10.2. The second kappa shape index (κ2) is 6.60. The van der Waals surface area contributed by atoms with Gasteiger partial charge in [-0.3, -0.25) is 0 Å². The smallest absolute Gasteiger partial charge is 0.330 e. The molecule has 92 valence electrons. The fraction of sp³-hybridized carbons (Fsp3) is 0.188. The number of benzene rings is 1. The molecular formula is C16H16O2. The van der Waals surface area contributed by atoms with Crippen LogP contribution in [0.5, 0.6) is 0 Å². The molecule has 0 amide bonds. The lowest BCUT2D eigenvalue weighted by molar-refractivity contribution is -0.139. The van der Waals surface area contributed by atoms with Gasteiger partial charge in [-0.1, -0.05) is 60.7 Å². The van der Waals surface area contributed by atoms with Gasteiger partial charge in [0, 0.05) is 6.08 Å². The SMILES string of the molecule is O=C(/C=C/C1C=CC=CC1)OCc1ccccc1. The number of rotatable bonds is 4. The van der Waals surface area contributed by atoms with Crippen LogP contribution in [0, 0.1) is 5.92 Å². The van der Waals surface area contributed by atoms with Crippen molar-refractivity contribution < 1.29 is 9.53 Å². The van der Waals surface area contributed by atoms with Crippen molar-refractivity contribution in [3.63, 3.8) is 0 Å². The molecular weight excluding hydrogens is 224 g/mol. The van der Waals surface area contributed by atoms with Crippen molar-refractivity contribution in [1.29, 1.82) is 0 Å². The second-order valence-electron chi connectivity index (χ2n) is 4.17. The van der Waals surface area contributed by atoms with E-state index < -0.39 is 0 Å². The molecule has 1 aromatic rings. The lowest BCUT2D eigenvalue weighted by atomic mass is 10.0. The summed E-state index contributed by atoms with van der Waals surface area (Å²) in [6.45, 7) is 0.324. The molecule has 1 aliphatic carbocycles. The highest BCUT2D eigenvalue weighted by Crippen LogP contribution is 2.12. The van der Waals surface area contributed by atoms with Crippen LogP contribution in [0.2, 0.25) is 0 Å². The van der Waals surface area contributed by atoms with E-state index in [9.17, 15) is 4.79 Å². The van der Waals surface area contributed by atoms with Crippen molar-refractivity contribution in [1.82, 2.24) is 0 Å². The molecule has 2 nitrogen and oxygen atoms in total. The molecule has 0 aromatic heterocycles. The van der Waals surface area contributed by atoms with Gasteiger partial charge in [0.05, 0.1) is 0 Å². The van der Waals surface area contributed by atoms with Crippen LogP contribution in [0.3, 0.4) is 0 Å². The summed E-state index contributed by atoms with van der Waals surface area (Å²) < 4.78 is 5.15. The Morgan fingerprint density at radius 3 is 2.83 bits per heavy atom. The van der Waals surface area contributed by atoms with Crippen molar-refractivity contribution in [3.8, 4) is 0 Å². The molecule has 2 rings (SSSR count). The number of ether oxygens (including phenoxy) is 1. The molecule has 2 heteroatoms. The molecule has 0 fully saturated rings. The maximum atomic E-state index is 11.5. The molecule has 0 spiro atoms. The Morgan fingerprint density at radius 2 is 2.11 bits per heavy atom. The minimum absolute atomic E-state index is 0.290. The summed E-state index contributed by atoms with van der Waals surface area (Å²) in [7, 11) is 0. The Morgan fingerprint density at radius 1 is 1.28 bits per heavy atom. The van der Waals surface area contributed by atoms with Gasteiger partial charge in [-0.05, 0) is 17.9 Å². The number of hydrogen-bond donors (Lipinski definition) is 0. The largest absolute Gasteiger partial charge is 0.458 e. The van der Waals surface area contributed by atoms with Crippen LogP contribution in [0.4, 0.5) is 0 Å². The third-order valence-corrected chi connectivity index (χ3v) is 2.72. The Balaban J connectivity index is 1.77. The van der Waals surface area contributed by atoms with Gasteiger partial charge in [0.1, 0.15) is 6.61 Å². The van der Waals surface area contributed by atoms with Gasteiger partial charge < -0.3 is 4.74 Å². The number of esters is 1. The van der Waals surface area contributed by atoms with E-state index in [-0.39, 0.29) is 5.97 Å². The number of carbonyl (C=O) groups excluding carboxylic acids is 1. The van der Waals surface area contributed by atoms with E-state index in [1.807, 2.05) is 48.6 Å². The molecule has 1 aromatic carbocycles. The summed E-state index contributed by atoms with van der Waals surface area (Å²) in [5.74, 6) is 0.0149. The van der Waals surface area contributed by atoms with Crippen LogP contribution >= 0.6 is 0 Å². The fourth-order valence-electron chi connectivity index (χ4n) is 1.72. The lowest BCUT2D eigenvalue weighted by Crippen LogP contribution is -2.02. The van der Waals surface area contributed by atoms with Crippen molar-refractivity contribution >= 4 is 5.97 Å². The van der Waals surface area contributed by atoms with Gasteiger partial charge in [0.15, 0.2) is 0 Å². The molecule has 0 saturated heterocycles. The molecule has 0 heterocycles. The van der Waals surface area contributed by atoms with E-state index in [0.29, 0.717) is 12.5 Å². The van der Waals surface area contributed by atoms with Crippen LogP contribution in [-0.4, -0.2) is 5.97 Å². The first kappa shape index (κ1) is 12.4. The predicted octanol–water partition coefficient (Wildman–Crippen LogP) is 3.42. The van der Waals surface area contributed by atoms with Gasteiger partial charge in [-0.15, -0.1) is 0 Å². The summed E-state index contributed by atoms with van der Waals surface area (Å²) in [5, 5.41) is 0. The first-order valence-electron chi connectivity index (χ1n) is 6.07. The van der Waals surface area contributed by atoms with E-state index in [1.165, 1.54) is 6.08 Å². The number of carbonyl (C=O) groups is 1. The third-order valence-electron chi connectivity index (χ3n) is 2.72. The molecule has 0 saturated carbocycles. The molecule has 1 aliphatic rings. The topological polar surface area (TPSA) is 26.3 Å². The summed E-state index contributed by atoms with van der Waals surface area (Å²) >= 11 is 0. The first-order valence-corrected chi connectivity index (χ1v) is 6.07. The second-order valence-corrected chi connectivity index (χ2v) is 4.17. The monoisotopic (exact) mass is 240 g/mol. The normalized spacial score (nSPS) is 18.1. The van der Waals surface area contributed by atoms with Gasteiger partial charge in [0.25, 0.3) is 0 Å². The van der Waals surface area contributed by atoms with E-state index >= 15 is 0 Å². The quantitative estimate of drug-likeness (QED) is 0.595. The van der Waals surface area contributed by atoms with E-state index in [4.69, 9.17) is 4.74 Å². The Hall–Kier alpha value is -2.09. The summed E-state index contributed by atoms with van der Waals surface area (Å²) in [4.78, 5) is 11.5. The molecule has 0 bridgehead atoms. The van der Waals surface area contributed by atoms with Crippen LogP contribution < -0.4 is 0 Å². The maximum absolute atomic E-state index is 11.5. The van der Waals surface area contributed by atoms with Gasteiger partial charge in [0.2, 0.25) is 0 Å². The molecule has 0 radical (unpaired) electrons. The highest BCUT2D eigenvalue weighted by atomic mass is 16.5. The average molecular weight is 240 g/mol. The number of allylic oxidation sites excluding steroid dienone is 5. The molecule has 0 N–H and O–H groups in total. The molecule has 0 aliphatic heterocycles. The van der Waals surface area contributed by atoms with Crippen molar-refractivity contribution in [3.05, 3.63) is 72.4 Å². The highest BCUT2D eigenvalue weighted by molar-refractivity contribution is 5.82. The Labute approximate surface area is 107 Å². The van der Waals surface area contributed by atoms with Crippen molar-refractivity contribution in [2.75, 3.05) is 0 Å². The predicted molar refractivity (Wildman–Crippen MR) is 71.8 cm³/mol. The van der Waals surface area contributed by atoms with Crippen LogP contribution in [-0.2, 0) is 16.1 Å². The average Bonchev–Trinajstić information content (AvgIpc) is 2.45. The minimum atomic E-state index is -0.290. The van der Waals surface area contributed by atoms with Gasteiger partial charge >= 0.3 is 5.97 Å². The lowest BCUT2D eigenvalue weighted by Gasteiger charge is -2.06. The van der Waals surface area contributed by atoms with Gasteiger partial charge in [-0.25, -0.2) is 4.79 Å². The summed E-state index contributed by atoms with van der Waals surface area (Å²) in [6.07, 6.45) is 12.5. The zero-order valence-corrected chi connectivity index (χ0v) is 10.2. The van der Waals surface area contributed by atoms with Crippen molar-refractivity contribution in [2.45, 2.75) is 13.0 Å². The highest BCUT2D eigenvalue weighted by Gasteiger charge is 2.02. The number of hydrogen-bond acceptors (Lipinski definition) is 2. The van der Waals surface area contributed by atoms with Crippen LogP contribution in [0.1, 0.15) is 12.0 Å². The Kier molecular flexibility index (Phi) is 4.53. The van der Waals surface area contributed by atoms with Crippen molar-refractivity contribution in [2.24, 2.45) is 5.92 Å². The van der Waals surface area contributed by atoms with Gasteiger partial charge in [-0.2, -0.15) is 0 Å². The van der Waals surface area contributed by atoms with Crippen LogP contribution in [0.15, 0.2) is 66.8 Å². The van der Waals surface area contributed by atoms with E-state index in [2.05, 4.69) is 12.2 Å². The Bertz CT molecular complexity index is 469. The van der Waals surface area contributed by atoms with E-state index in [0.717, 1.165) is 12.0 Å². The minimum Gasteiger partial charge on any atom is -0.458 e. The molecule has 1 atom stereocenters. The third kappa shape index (κ3) is 4.06. The zero-order chi connectivity index (χ0) is 12.6. The maximum Gasteiger partial charge on any atom is 0.330 e. The standard InChI is InChI=1S/C16H16O2/c17-16(12-11-14-7-3-1-4-8-14)18-13-15-9-5-2-6-10-15/h1-7,9-12,14H,8,13H2/b12-11+.